The van der Waals surface area contributed by atoms with Gasteiger partial charge in [0.2, 0.25) is 0 Å². The second-order valence-corrected chi connectivity index (χ2v) is 4.25. The van der Waals surface area contributed by atoms with Crippen LogP contribution in [0.4, 0.5) is 13.2 Å². The Kier molecular flexibility index (Phi) is 3.50. The van der Waals surface area contributed by atoms with Gasteiger partial charge in [0.25, 0.3) is 0 Å². The minimum absolute atomic E-state index is 0.278. The molecule has 1 aromatic carbocycles. The van der Waals surface area contributed by atoms with Crippen molar-refractivity contribution in [2.75, 3.05) is 6.26 Å². The van der Waals surface area contributed by atoms with Gasteiger partial charge in [-0.3, -0.25) is 0 Å². The number of alkyl halides is 3. The Hall–Kier alpha value is 0.0900. The lowest BCUT2D eigenvalue weighted by atomic mass is 10.2. The van der Waals surface area contributed by atoms with E-state index >= 15 is 0 Å². The Labute approximate surface area is 92.0 Å². The summed E-state index contributed by atoms with van der Waals surface area (Å²) >= 11 is 3.04. The number of benzene rings is 1. The van der Waals surface area contributed by atoms with Crippen LogP contribution in [0.25, 0.3) is 0 Å². The van der Waals surface area contributed by atoms with E-state index in [1.807, 2.05) is 0 Å². The van der Waals surface area contributed by atoms with Crippen LogP contribution < -0.4 is 0 Å². The van der Waals surface area contributed by atoms with E-state index in [4.69, 9.17) is 0 Å². The number of hydrogen-bond donors (Lipinski definition) is 0. The van der Waals surface area contributed by atoms with Crippen molar-refractivity contribution >= 4 is 34.4 Å². The summed E-state index contributed by atoms with van der Waals surface area (Å²) in [4.78, 5) is 0.662. The lowest BCUT2D eigenvalue weighted by Crippen LogP contribution is -2.07. The molecule has 0 atom stereocenters. The van der Waals surface area contributed by atoms with E-state index < -0.39 is 11.7 Å². The van der Waals surface area contributed by atoms with E-state index in [0.717, 1.165) is 6.07 Å². The molecule has 0 bridgehead atoms. The highest BCUT2D eigenvalue weighted by Gasteiger charge is 2.33. The molecule has 0 spiro atoms. The van der Waals surface area contributed by atoms with Gasteiger partial charge in [-0.2, -0.15) is 13.2 Å². The van der Waals surface area contributed by atoms with Crippen molar-refractivity contribution in [3.05, 3.63) is 27.3 Å². The highest BCUT2D eigenvalue weighted by Crippen LogP contribution is 2.36. The summed E-state index contributed by atoms with van der Waals surface area (Å²) in [6, 6.07) is 4.21. The molecule has 0 saturated carbocycles. The Morgan fingerprint density at radius 3 is 2.38 bits per heavy atom. The van der Waals surface area contributed by atoms with Crippen LogP contribution in [0.5, 0.6) is 0 Å². The van der Waals surface area contributed by atoms with Crippen LogP contribution in [0.2, 0.25) is 0 Å². The minimum Gasteiger partial charge on any atom is -0.166 e. The quantitative estimate of drug-likeness (QED) is 0.556. The van der Waals surface area contributed by atoms with E-state index in [1.54, 1.807) is 34.9 Å². The maximum absolute atomic E-state index is 12.4. The average molecular weight is 318 g/mol. The van der Waals surface area contributed by atoms with Gasteiger partial charge in [0.1, 0.15) is 0 Å². The molecule has 0 unspecified atom stereocenters. The second kappa shape index (κ2) is 4.08. The van der Waals surface area contributed by atoms with Gasteiger partial charge >= 0.3 is 6.18 Å². The van der Waals surface area contributed by atoms with Gasteiger partial charge < -0.3 is 0 Å². The smallest absolute Gasteiger partial charge is 0.166 e. The predicted octanol–water partition coefficient (Wildman–Crippen LogP) is 4.03. The SMILES string of the molecule is CSc1cccc(C(F)(F)F)c1I. The summed E-state index contributed by atoms with van der Waals surface area (Å²) < 4.78 is 37.3. The highest BCUT2D eigenvalue weighted by atomic mass is 127. The summed E-state index contributed by atoms with van der Waals surface area (Å²) in [6.45, 7) is 0. The van der Waals surface area contributed by atoms with Crippen LogP contribution in [0.1, 0.15) is 5.56 Å². The van der Waals surface area contributed by atoms with Crippen molar-refractivity contribution < 1.29 is 13.2 Å². The lowest BCUT2D eigenvalue weighted by Gasteiger charge is -2.10. The normalized spacial score (nSPS) is 11.8. The minimum atomic E-state index is -4.25. The monoisotopic (exact) mass is 318 g/mol. The van der Waals surface area contributed by atoms with Crippen molar-refractivity contribution in [2.24, 2.45) is 0 Å². The van der Waals surface area contributed by atoms with Gasteiger partial charge in [0.15, 0.2) is 0 Å². The first kappa shape index (κ1) is 11.2. The van der Waals surface area contributed by atoms with Crippen molar-refractivity contribution in [1.29, 1.82) is 0 Å². The van der Waals surface area contributed by atoms with Crippen molar-refractivity contribution in [3.8, 4) is 0 Å². The predicted molar refractivity (Wildman–Crippen MR) is 55.9 cm³/mol. The molecule has 0 heterocycles. The summed E-state index contributed by atoms with van der Waals surface area (Å²) in [6.07, 6.45) is -2.49. The van der Waals surface area contributed by atoms with Crippen LogP contribution in [0.15, 0.2) is 23.1 Å². The van der Waals surface area contributed by atoms with E-state index in [9.17, 15) is 13.2 Å². The molecule has 0 aliphatic carbocycles. The maximum Gasteiger partial charge on any atom is 0.417 e. The van der Waals surface area contributed by atoms with Gasteiger partial charge in [-0.1, -0.05) is 6.07 Å². The number of hydrogen-bond acceptors (Lipinski definition) is 1. The molecule has 0 aliphatic rings. The summed E-state index contributed by atoms with van der Waals surface area (Å²) in [5.41, 5.74) is -0.556. The van der Waals surface area contributed by atoms with Gasteiger partial charge in [-0.05, 0) is 41.0 Å². The summed E-state index contributed by atoms with van der Waals surface area (Å²) in [5.74, 6) is 0. The zero-order chi connectivity index (χ0) is 10.1. The first-order valence-corrected chi connectivity index (χ1v) is 5.67. The molecule has 0 N–H and O–H groups in total. The van der Waals surface area contributed by atoms with Crippen LogP contribution >= 0.6 is 34.4 Å². The Bertz CT molecular complexity index is 309. The Morgan fingerprint density at radius 2 is 1.92 bits per heavy atom. The van der Waals surface area contributed by atoms with E-state index in [0.29, 0.717) is 4.90 Å². The lowest BCUT2D eigenvalue weighted by molar-refractivity contribution is -0.138. The van der Waals surface area contributed by atoms with Crippen LogP contribution in [0.3, 0.4) is 0 Å². The molecular weight excluding hydrogens is 312 g/mol. The maximum atomic E-state index is 12.4. The van der Waals surface area contributed by atoms with E-state index in [-0.39, 0.29) is 3.57 Å². The van der Waals surface area contributed by atoms with Gasteiger partial charge in [0, 0.05) is 8.47 Å². The zero-order valence-electron chi connectivity index (χ0n) is 6.65. The van der Waals surface area contributed by atoms with Crippen molar-refractivity contribution in [1.82, 2.24) is 0 Å². The Balaban J connectivity index is 3.24. The molecule has 0 saturated heterocycles. The fourth-order valence-corrected chi connectivity index (χ4v) is 2.72. The number of rotatable bonds is 1. The summed E-state index contributed by atoms with van der Waals surface area (Å²) in [5, 5.41) is 0. The summed E-state index contributed by atoms with van der Waals surface area (Å²) in [7, 11) is 0. The number of halogens is 4. The molecule has 13 heavy (non-hydrogen) atoms. The van der Waals surface area contributed by atoms with E-state index in [1.165, 1.54) is 17.8 Å². The van der Waals surface area contributed by atoms with Crippen molar-refractivity contribution in [3.63, 3.8) is 0 Å². The molecule has 0 amide bonds. The van der Waals surface area contributed by atoms with E-state index in [2.05, 4.69) is 0 Å². The topological polar surface area (TPSA) is 0 Å². The Morgan fingerprint density at radius 1 is 1.31 bits per heavy atom. The largest absolute Gasteiger partial charge is 0.417 e. The molecule has 5 heteroatoms. The molecule has 72 valence electrons. The second-order valence-electron chi connectivity index (χ2n) is 2.32. The zero-order valence-corrected chi connectivity index (χ0v) is 9.63. The first-order valence-electron chi connectivity index (χ1n) is 3.36. The third-order valence-electron chi connectivity index (χ3n) is 1.49. The molecule has 0 aliphatic heterocycles. The van der Waals surface area contributed by atoms with Crippen molar-refractivity contribution in [2.45, 2.75) is 11.1 Å². The third-order valence-corrected chi connectivity index (χ3v) is 3.80. The van der Waals surface area contributed by atoms with Gasteiger partial charge in [-0.25, -0.2) is 0 Å². The highest BCUT2D eigenvalue weighted by molar-refractivity contribution is 14.1. The fraction of sp³-hybridized carbons (Fsp3) is 0.250. The molecular formula is C8H6F3IS. The van der Waals surface area contributed by atoms with Crippen LogP contribution in [-0.2, 0) is 6.18 Å². The molecule has 0 radical (unpaired) electrons. The number of thioether (sulfide) groups is 1. The van der Waals surface area contributed by atoms with Gasteiger partial charge in [0.05, 0.1) is 5.56 Å². The third kappa shape index (κ3) is 2.52. The molecule has 0 aromatic heterocycles. The molecule has 1 aromatic rings. The van der Waals surface area contributed by atoms with Crippen LogP contribution in [-0.4, -0.2) is 6.26 Å². The first-order chi connectivity index (χ1) is 5.96. The fourth-order valence-electron chi connectivity index (χ4n) is 0.887. The van der Waals surface area contributed by atoms with Gasteiger partial charge in [-0.15, -0.1) is 11.8 Å². The van der Waals surface area contributed by atoms with Crippen LogP contribution in [0, 0.1) is 3.57 Å². The average Bonchev–Trinajstić information content (AvgIpc) is 2.02. The molecule has 0 fully saturated rings. The molecule has 0 nitrogen and oxygen atoms in total. The molecule has 1 rings (SSSR count). The standard InChI is InChI=1S/C8H6F3IS/c1-13-6-4-2-3-5(7(6)12)8(9,10)11/h2-4H,1H3.